The van der Waals surface area contributed by atoms with Gasteiger partial charge in [0.1, 0.15) is 18.8 Å². The Labute approximate surface area is 194 Å². The Morgan fingerprint density at radius 2 is 1.97 bits per heavy atom. The number of nitrogens with one attached hydrogen (secondary N) is 1. The van der Waals surface area contributed by atoms with E-state index in [0.29, 0.717) is 30.9 Å². The Balaban J connectivity index is 1.24. The first-order valence-electron chi connectivity index (χ1n) is 11.6. The van der Waals surface area contributed by atoms with Crippen LogP contribution in [0.2, 0.25) is 0 Å². The van der Waals surface area contributed by atoms with Crippen LogP contribution in [0.1, 0.15) is 42.6 Å². The molecule has 4 aliphatic rings. The Kier molecular flexibility index (Phi) is 5.59. The quantitative estimate of drug-likeness (QED) is 0.764. The normalized spacial score (nSPS) is 25.7. The maximum atomic E-state index is 13.2. The summed E-state index contributed by atoms with van der Waals surface area (Å²) in [6.07, 6.45) is 6.78. The van der Waals surface area contributed by atoms with Crippen LogP contribution in [0.3, 0.4) is 0 Å². The highest BCUT2D eigenvalue weighted by Crippen LogP contribution is 2.38. The Morgan fingerprint density at radius 1 is 1.21 bits per heavy atom. The van der Waals surface area contributed by atoms with Gasteiger partial charge in [-0.25, -0.2) is 4.79 Å². The molecule has 8 nitrogen and oxygen atoms in total. The highest BCUT2D eigenvalue weighted by Gasteiger charge is 2.33. The van der Waals surface area contributed by atoms with Crippen LogP contribution in [0, 0.1) is 17.2 Å². The second-order valence-electron chi connectivity index (χ2n) is 9.34. The summed E-state index contributed by atoms with van der Waals surface area (Å²) >= 11 is 0. The number of rotatable bonds is 4. The maximum absolute atomic E-state index is 13.2. The van der Waals surface area contributed by atoms with Gasteiger partial charge in [0.25, 0.3) is 5.91 Å². The molecule has 3 heterocycles. The largest absolute Gasteiger partial charge is 0.447 e. The van der Waals surface area contributed by atoms with Gasteiger partial charge < -0.3 is 15.0 Å². The second kappa shape index (κ2) is 8.56. The van der Waals surface area contributed by atoms with Gasteiger partial charge in [-0.2, -0.15) is 5.26 Å². The number of nitriles is 1. The molecule has 1 aromatic carbocycles. The molecule has 1 saturated carbocycles. The molecule has 0 bridgehead atoms. The lowest BCUT2D eigenvalue weighted by molar-refractivity contribution is 0.0578. The summed E-state index contributed by atoms with van der Waals surface area (Å²) in [5.74, 6) is 0.581. The van der Waals surface area contributed by atoms with Gasteiger partial charge in [0.15, 0.2) is 0 Å². The summed E-state index contributed by atoms with van der Waals surface area (Å²) in [7, 11) is 0. The lowest BCUT2D eigenvalue weighted by Crippen LogP contribution is -2.56. The van der Waals surface area contributed by atoms with Gasteiger partial charge in [0, 0.05) is 38.1 Å². The number of anilines is 1. The molecule has 1 unspecified atom stereocenters. The lowest BCUT2D eigenvalue weighted by Gasteiger charge is -2.41. The summed E-state index contributed by atoms with van der Waals surface area (Å²) in [6, 6.07) is 7.00. The maximum Gasteiger partial charge on any atom is 0.414 e. The third kappa shape index (κ3) is 4.09. The number of piperazine rings is 1. The number of allylic oxidation sites excluding steroid dienone is 2. The van der Waals surface area contributed by atoms with E-state index in [0.717, 1.165) is 19.0 Å². The molecule has 0 spiro atoms. The van der Waals surface area contributed by atoms with Gasteiger partial charge in [-0.1, -0.05) is 6.08 Å². The number of cyclic esters (lactones) is 1. The molecule has 2 amide bonds. The van der Waals surface area contributed by atoms with Crippen LogP contribution >= 0.6 is 0 Å². The number of hydrogen-bond donors (Lipinski definition) is 1. The van der Waals surface area contributed by atoms with Crippen molar-refractivity contribution in [2.24, 2.45) is 5.92 Å². The third-order valence-corrected chi connectivity index (χ3v) is 6.97. The monoisotopic (exact) mass is 447 g/mol. The lowest BCUT2D eigenvalue weighted by atomic mass is 10.0. The van der Waals surface area contributed by atoms with Crippen LogP contribution < -0.4 is 10.2 Å². The van der Waals surface area contributed by atoms with E-state index in [1.807, 2.05) is 11.8 Å². The number of hydrogen-bond acceptors (Lipinski definition) is 6. The minimum atomic E-state index is -0.429. The van der Waals surface area contributed by atoms with Crippen molar-refractivity contribution in [3.8, 4) is 6.07 Å². The fraction of sp³-hybridized carbons (Fsp3) is 0.480. The molecule has 0 radical (unpaired) electrons. The Bertz CT molecular complexity index is 1080. The fourth-order valence-electron chi connectivity index (χ4n) is 4.93. The molecule has 0 aromatic heterocycles. The fourth-order valence-corrected chi connectivity index (χ4v) is 4.93. The zero-order chi connectivity index (χ0) is 23.1. The standard InChI is InChI=1S/C25H29N5O3/c1-16-11-20(18-3-4-18)14-27-23(16)28-7-9-29(10-8-28)24(31)22-6-5-21(12-19(22)13-26)30-17(2)15-33-25(30)32/h5-6,11-12,14,17-18,23,27H,3-4,7-10,15H2,1-2H3/t17-,23?/m1/s1. The summed E-state index contributed by atoms with van der Waals surface area (Å²) in [4.78, 5) is 30.9. The predicted molar refractivity (Wildman–Crippen MR) is 123 cm³/mol. The highest BCUT2D eigenvalue weighted by molar-refractivity contribution is 5.98. The van der Waals surface area contributed by atoms with E-state index in [9.17, 15) is 14.9 Å². The van der Waals surface area contributed by atoms with E-state index in [2.05, 4.69) is 35.5 Å². The number of nitrogens with zero attached hydrogens (tertiary/aromatic N) is 4. The average Bonchev–Trinajstić information content (AvgIpc) is 3.63. The van der Waals surface area contributed by atoms with Crippen LogP contribution in [-0.2, 0) is 4.74 Å². The van der Waals surface area contributed by atoms with Crippen molar-refractivity contribution in [2.75, 3.05) is 37.7 Å². The summed E-state index contributed by atoms with van der Waals surface area (Å²) in [5, 5.41) is 13.2. The van der Waals surface area contributed by atoms with Gasteiger partial charge in [0.2, 0.25) is 0 Å². The molecule has 8 heteroatoms. The van der Waals surface area contributed by atoms with Gasteiger partial charge in [0.05, 0.1) is 17.2 Å². The number of amides is 2. The van der Waals surface area contributed by atoms with E-state index in [1.165, 1.54) is 28.9 Å². The molecule has 1 N–H and O–H groups in total. The van der Waals surface area contributed by atoms with Crippen LogP contribution in [0.5, 0.6) is 0 Å². The van der Waals surface area contributed by atoms with E-state index < -0.39 is 6.09 Å². The second-order valence-corrected chi connectivity index (χ2v) is 9.34. The number of ether oxygens (including phenoxy) is 1. The van der Waals surface area contributed by atoms with Gasteiger partial charge in [-0.05, 0) is 62.0 Å². The number of benzene rings is 1. The van der Waals surface area contributed by atoms with Crippen molar-refractivity contribution in [2.45, 2.75) is 38.9 Å². The molecule has 2 atom stereocenters. The zero-order valence-corrected chi connectivity index (χ0v) is 19.1. The van der Waals surface area contributed by atoms with E-state index in [4.69, 9.17) is 4.74 Å². The number of carbonyl (C=O) groups is 2. The minimum absolute atomic E-state index is 0.111. The average molecular weight is 448 g/mol. The van der Waals surface area contributed by atoms with Crippen molar-refractivity contribution in [1.29, 1.82) is 5.26 Å². The number of dihydropyridines is 1. The van der Waals surface area contributed by atoms with Crippen LogP contribution in [0.15, 0.2) is 41.6 Å². The first kappa shape index (κ1) is 21.5. The van der Waals surface area contributed by atoms with Gasteiger partial charge >= 0.3 is 6.09 Å². The number of carbonyl (C=O) groups excluding carboxylic acids is 2. The highest BCUT2D eigenvalue weighted by atomic mass is 16.6. The SMILES string of the molecule is CC1=CC(C2CC2)=CNC1N1CCN(C(=O)c2ccc(N3C(=O)OC[C@H]3C)cc2C#N)CC1. The van der Waals surface area contributed by atoms with Crippen molar-refractivity contribution < 1.29 is 14.3 Å². The zero-order valence-electron chi connectivity index (χ0n) is 19.1. The van der Waals surface area contributed by atoms with Crippen LogP contribution in [0.4, 0.5) is 10.5 Å². The first-order chi connectivity index (χ1) is 16.0. The summed E-state index contributed by atoms with van der Waals surface area (Å²) in [5.41, 5.74) is 3.95. The Hall–Kier alpha value is -3.31. The van der Waals surface area contributed by atoms with Crippen molar-refractivity contribution >= 4 is 17.7 Å². The molecule has 3 fully saturated rings. The molecule has 5 rings (SSSR count). The van der Waals surface area contributed by atoms with Crippen LogP contribution in [-0.4, -0.2) is 66.8 Å². The smallest absolute Gasteiger partial charge is 0.414 e. The molecule has 1 aromatic rings. The Morgan fingerprint density at radius 3 is 2.58 bits per heavy atom. The predicted octanol–water partition coefficient (Wildman–Crippen LogP) is 2.83. The molecular weight excluding hydrogens is 418 g/mol. The third-order valence-electron chi connectivity index (χ3n) is 6.97. The topological polar surface area (TPSA) is 88.9 Å². The first-order valence-corrected chi connectivity index (χ1v) is 11.6. The molecule has 33 heavy (non-hydrogen) atoms. The molecule has 2 saturated heterocycles. The van der Waals surface area contributed by atoms with Gasteiger partial charge in [-0.3, -0.25) is 14.6 Å². The van der Waals surface area contributed by atoms with Crippen LogP contribution in [0.25, 0.3) is 0 Å². The van der Waals surface area contributed by atoms with Crippen molar-refractivity contribution in [3.63, 3.8) is 0 Å². The van der Waals surface area contributed by atoms with Gasteiger partial charge in [-0.15, -0.1) is 0 Å². The molecule has 1 aliphatic carbocycles. The minimum Gasteiger partial charge on any atom is -0.447 e. The van der Waals surface area contributed by atoms with E-state index in [1.54, 1.807) is 18.2 Å². The van der Waals surface area contributed by atoms with E-state index in [-0.39, 0.29) is 23.7 Å². The molecule has 172 valence electrons. The summed E-state index contributed by atoms with van der Waals surface area (Å²) < 4.78 is 5.08. The van der Waals surface area contributed by atoms with E-state index >= 15 is 0 Å². The van der Waals surface area contributed by atoms with Crippen molar-refractivity contribution in [3.05, 3.63) is 52.7 Å². The molecule has 3 aliphatic heterocycles. The van der Waals surface area contributed by atoms with Crippen molar-refractivity contribution in [1.82, 2.24) is 15.1 Å². The summed E-state index contributed by atoms with van der Waals surface area (Å²) in [6.45, 7) is 7.10. The molecular formula is C25H29N5O3.